The molecule has 2 aromatic carbocycles. The number of methoxy groups -OCH3 is 2. The van der Waals surface area contributed by atoms with Gasteiger partial charge in [0.2, 0.25) is 0 Å². The molecule has 2 heterocycles. The fourth-order valence-electron chi connectivity index (χ4n) is 3.95. The van der Waals surface area contributed by atoms with E-state index in [1.54, 1.807) is 18.2 Å². The third-order valence-electron chi connectivity index (χ3n) is 5.48. The van der Waals surface area contributed by atoms with E-state index in [1.807, 2.05) is 4.90 Å². The normalized spacial score (nSPS) is 16.3. The van der Waals surface area contributed by atoms with Crippen LogP contribution in [0, 0.1) is 10.1 Å². The first-order chi connectivity index (χ1) is 15.0. The predicted octanol–water partition coefficient (Wildman–Crippen LogP) is 2.99. The molecule has 9 nitrogen and oxygen atoms in total. The maximum absolute atomic E-state index is 13.6. The molecule has 0 bridgehead atoms. The number of hydrogen-bond acceptors (Lipinski definition) is 7. The number of ether oxygens (including phenoxy) is 2. The summed E-state index contributed by atoms with van der Waals surface area (Å²) in [7, 11) is 2.96. The number of hydrogen-bond donors (Lipinski definition) is 0. The van der Waals surface area contributed by atoms with Crippen LogP contribution in [0.25, 0.3) is 5.57 Å². The van der Waals surface area contributed by atoms with Crippen LogP contribution >= 0.6 is 0 Å². The van der Waals surface area contributed by atoms with Crippen LogP contribution in [0.5, 0.6) is 11.5 Å². The van der Waals surface area contributed by atoms with E-state index in [1.165, 1.54) is 38.5 Å². The first-order valence-electron chi connectivity index (χ1n) is 9.81. The lowest BCUT2D eigenvalue weighted by molar-refractivity contribution is -0.384. The summed E-state index contributed by atoms with van der Waals surface area (Å²) in [5, 5.41) is 11.0. The summed E-state index contributed by atoms with van der Waals surface area (Å²) in [6.45, 7) is 1.32. The Morgan fingerprint density at radius 3 is 2.19 bits per heavy atom. The molecule has 0 N–H and O–H groups in total. The molecule has 31 heavy (non-hydrogen) atoms. The average Bonchev–Trinajstić information content (AvgIpc) is 3.39. The number of rotatable bonds is 6. The summed E-state index contributed by atoms with van der Waals surface area (Å²) in [6, 6.07) is 10.6. The molecule has 0 saturated carbocycles. The van der Waals surface area contributed by atoms with Gasteiger partial charge >= 0.3 is 0 Å². The van der Waals surface area contributed by atoms with Gasteiger partial charge in [0.25, 0.3) is 17.5 Å². The van der Waals surface area contributed by atoms with Crippen LogP contribution in [0.2, 0.25) is 0 Å². The predicted molar refractivity (Wildman–Crippen MR) is 113 cm³/mol. The minimum Gasteiger partial charge on any atom is -0.497 e. The van der Waals surface area contributed by atoms with Crippen molar-refractivity contribution in [3.8, 4) is 11.5 Å². The molecule has 2 aromatic rings. The summed E-state index contributed by atoms with van der Waals surface area (Å²) < 4.78 is 10.7. The summed E-state index contributed by atoms with van der Waals surface area (Å²) >= 11 is 0. The van der Waals surface area contributed by atoms with Crippen LogP contribution in [-0.4, -0.2) is 48.9 Å². The largest absolute Gasteiger partial charge is 0.497 e. The number of nitrogens with zero attached hydrogens (tertiary/aromatic N) is 3. The number of nitro groups is 1. The highest BCUT2D eigenvalue weighted by Gasteiger charge is 2.44. The Labute approximate surface area is 178 Å². The van der Waals surface area contributed by atoms with Crippen molar-refractivity contribution in [3.63, 3.8) is 0 Å². The third kappa shape index (κ3) is 3.48. The second-order valence-corrected chi connectivity index (χ2v) is 7.21. The van der Waals surface area contributed by atoms with Crippen molar-refractivity contribution in [2.24, 2.45) is 0 Å². The van der Waals surface area contributed by atoms with E-state index in [0.717, 1.165) is 17.7 Å². The first-order valence-corrected chi connectivity index (χ1v) is 9.81. The fraction of sp³-hybridized carbons (Fsp3) is 0.273. The molecule has 0 radical (unpaired) electrons. The van der Waals surface area contributed by atoms with Crippen LogP contribution in [0.3, 0.4) is 0 Å². The monoisotopic (exact) mass is 423 g/mol. The molecule has 0 aromatic heterocycles. The van der Waals surface area contributed by atoms with Gasteiger partial charge in [0, 0.05) is 31.3 Å². The Morgan fingerprint density at radius 1 is 0.935 bits per heavy atom. The van der Waals surface area contributed by atoms with Gasteiger partial charge in [0.1, 0.15) is 17.2 Å². The maximum Gasteiger partial charge on any atom is 0.282 e. The molecule has 2 aliphatic rings. The SMILES string of the molecule is COc1ccc(OC)c(N2C(=O)C(c3ccc([N+](=O)[O-])cc3)=C(N3CCCC3)C2=O)c1. The number of anilines is 1. The van der Waals surface area contributed by atoms with E-state index in [4.69, 9.17) is 9.47 Å². The van der Waals surface area contributed by atoms with Crippen molar-refractivity contribution < 1.29 is 24.0 Å². The van der Waals surface area contributed by atoms with E-state index >= 15 is 0 Å². The Balaban J connectivity index is 1.84. The molecule has 0 spiro atoms. The molecule has 0 atom stereocenters. The van der Waals surface area contributed by atoms with E-state index in [9.17, 15) is 19.7 Å². The quantitative estimate of drug-likeness (QED) is 0.400. The van der Waals surface area contributed by atoms with E-state index in [0.29, 0.717) is 35.8 Å². The minimum absolute atomic E-state index is 0.0878. The number of amides is 2. The van der Waals surface area contributed by atoms with Gasteiger partial charge in [-0.2, -0.15) is 0 Å². The van der Waals surface area contributed by atoms with Crippen LogP contribution < -0.4 is 14.4 Å². The number of likely N-dealkylation sites (tertiary alicyclic amines) is 1. The maximum atomic E-state index is 13.6. The number of benzene rings is 2. The molecule has 160 valence electrons. The number of imide groups is 1. The highest BCUT2D eigenvalue weighted by Crippen LogP contribution is 2.41. The summed E-state index contributed by atoms with van der Waals surface area (Å²) in [5.41, 5.74) is 1.18. The molecule has 4 rings (SSSR count). The van der Waals surface area contributed by atoms with Gasteiger partial charge in [-0.3, -0.25) is 19.7 Å². The van der Waals surface area contributed by atoms with Crippen molar-refractivity contribution >= 4 is 28.8 Å². The van der Waals surface area contributed by atoms with Gasteiger partial charge < -0.3 is 14.4 Å². The average molecular weight is 423 g/mol. The second-order valence-electron chi connectivity index (χ2n) is 7.21. The zero-order chi connectivity index (χ0) is 22.1. The lowest BCUT2D eigenvalue weighted by Gasteiger charge is -2.21. The van der Waals surface area contributed by atoms with E-state index in [2.05, 4.69) is 0 Å². The van der Waals surface area contributed by atoms with Crippen molar-refractivity contribution in [1.29, 1.82) is 0 Å². The lowest BCUT2D eigenvalue weighted by Crippen LogP contribution is -2.34. The zero-order valence-electron chi connectivity index (χ0n) is 17.2. The molecular formula is C22H21N3O6. The highest BCUT2D eigenvalue weighted by molar-refractivity contribution is 6.45. The Morgan fingerprint density at radius 2 is 1.61 bits per heavy atom. The molecule has 0 unspecified atom stereocenters. The second kappa shape index (κ2) is 8.10. The van der Waals surface area contributed by atoms with Crippen LogP contribution in [-0.2, 0) is 9.59 Å². The molecule has 1 saturated heterocycles. The molecule has 2 aliphatic heterocycles. The van der Waals surface area contributed by atoms with Crippen molar-refractivity contribution in [3.05, 3.63) is 63.8 Å². The van der Waals surface area contributed by atoms with Crippen LogP contribution in [0.1, 0.15) is 18.4 Å². The Hall–Kier alpha value is -3.88. The summed E-state index contributed by atoms with van der Waals surface area (Å²) in [5.74, 6) is -0.129. The minimum atomic E-state index is -0.507. The number of nitro benzene ring substituents is 1. The van der Waals surface area contributed by atoms with E-state index < -0.39 is 16.7 Å². The number of carbonyl (C=O) groups excluding carboxylic acids is 2. The topological polar surface area (TPSA) is 102 Å². The van der Waals surface area contributed by atoms with Crippen molar-refractivity contribution in [1.82, 2.24) is 4.90 Å². The standard InChI is InChI=1S/C22H21N3O6/c1-30-16-9-10-18(31-2)17(13-16)24-21(26)19(14-5-7-15(8-6-14)25(28)29)20(22(24)27)23-11-3-4-12-23/h5-10,13H,3-4,11-12H2,1-2H3. The van der Waals surface area contributed by atoms with Crippen molar-refractivity contribution in [2.45, 2.75) is 12.8 Å². The lowest BCUT2D eigenvalue weighted by atomic mass is 10.0. The Bertz CT molecular complexity index is 1090. The number of carbonyl (C=O) groups is 2. The summed E-state index contributed by atoms with van der Waals surface area (Å²) in [6.07, 6.45) is 1.84. The van der Waals surface area contributed by atoms with Gasteiger partial charge in [-0.05, 0) is 42.7 Å². The molecule has 2 amide bonds. The van der Waals surface area contributed by atoms with Gasteiger partial charge in [-0.1, -0.05) is 0 Å². The van der Waals surface area contributed by atoms with Gasteiger partial charge in [0.05, 0.1) is 30.4 Å². The molecule has 1 fully saturated rings. The summed E-state index contributed by atoms with van der Waals surface area (Å²) in [4.78, 5) is 40.6. The molecule has 9 heteroatoms. The third-order valence-corrected chi connectivity index (χ3v) is 5.48. The molecular weight excluding hydrogens is 402 g/mol. The van der Waals surface area contributed by atoms with Gasteiger partial charge in [-0.25, -0.2) is 4.90 Å². The molecule has 0 aliphatic carbocycles. The van der Waals surface area contributed by atoms with Gasteiger partial charge in [-0.15, -0.1) is 0 Å². The first kappa shape index (κ1) is 20.4. The van der Waals surface area contributed by atoms with Crippen LogP contribution in [0.4, 0.5) is 11.4 Å². The van der Waals surface area contributed by atoms with Crippen LogP contribution in [0.15, 0.2) is 48.2 Å². The Kier molecular flexibility index (Phi) is 5.33. The number of non-ortho nitro benzene ring substituents is 1. The van der Waals surface area contributed by atoms with Gasteiger partial charge in [0.15, 0.2) is 0 Å². The highest BCUT2D eigenvalue weighted by atomic mass is 16.6. The van der Waals surface area contributed by atoms with E-state index in [-0.39, 0.29) is 16.9 Å². The van der Waals surface area contributed by atoms with Crippen molar-refractivity contribution in [2.75, 3.05) is 32.2 Å². The zero-order valence-corrected chi connectivity index (χ0v) is 17.2. The smallest absolute Gasteiger partial charge is 0.282 e. The fourth-order valence-corrected chi connectivity index (χ4v) is 3.95.